The highest BCUT2D eigenvalue weighted by Gasteiger charge is 2.23. The molecule has 1 aromatic heterocycles. The van der Waals surface area contributed by atoms with Gasteiger partial charge in [0.2, 0.25) is 5.91 Å². The maximum Gasteiger partial charge on any atom is 0.280 e. The molecule has 0 radical (unpaired) electrons. The predicted octanol–water partition coefficient (Wildman–Crippen LogP) is 1.52. The predicted molar refractivity (Wildman–Crippen MR) is 122 cm³/mol. The van der Waals surface area contributed by atoms with Crippen LogP contribution in [0.25, 0.3) is 11.1 Å². The first-order valence-corrected chi connectivity index (χ1v) is 10.6. The molecule has 2 aromatic rings. The van der Waals surface area contributed by atoms with Gasteiger partial charge < -0.3 is 21.5 Å². The van der Waals surface area contributed by atoms with Gasteiger partial charge in [-0.3, -0.25) is 14.4 Å². The van der Waals surface area contributed by atoms with Gasteiger partial charge in [-0.2, -0.15) is 5.10 Å². The van der Waals surface area contributed by atoms with Crippen LogP contribution in [0.15, 0.2) is 35.3 Å². The van der Waals surface area contributed by atoms with Crippen molar-refractivity contribution in [2.45, 2.75) is 44.5 Å². The molecule has 0 aliphatic carbocycles. The highest BCUT2D eigenvalue weighted by atomic mass is 32.2. The molecular weight excluding hydrogens is 418 g/mol. The van der Waals surface area contributed by atoms with Crippen LogP contribution < -0.4 is 27.1 Å². The number of ether oxygens (including phenoxy) is 1. The minimum atomic E-state index is -0.842. The average molecular weight is 448 g/mol. The van der Waals surface area contributed by atoms with E-state index in [0.717, 1.165) is 17.3 Å². The van der Waals surface area contributed by atoms with E-state index in [1.165, 1.54) is 18.0 Å². The summed E-state index contributed by atoms with van der Waals surface area (Å²) >= 11 is 1.10. The first-order valence-electron chi connectivity index (χ1n) is 9.78. The van der Waals surface area contributed by atoms with Gasteiger partial charge in [-0.15, -0.1) is 0 Å². The Labute approximate surface area is 185 Å². The van der Waals surface area contributed by atoms with E-state index in [1.807, 2.05) is 20.8 Å². The van der Waals surface area contributed by atoms with Crippen LogP contribution in [0.4, 0.5) is 4.79 Å². The molecule has 9 nitrogen and oxygen atoms in total. The first-order chi connectivity index (χ1) is 14.6. The molecule has 0 bridgehead atoms. The van der Waals surface area contributed by atoms with E-state index in [1.54, 1.807) is 24.3 Å². The molecule has 0 fully saturated rings. The quantitative estimate of drug-likeness (QED) is 0.557. The summed E-state index contributed by atoms with van der Waals surface area (Å²) in [6.07, 6.45) is 1.71. The van der Waals surface area contributed by atoms with Gasteiger partial charge in [-0.1, -0.05) is 56.8 Å². The molecule has 0 saturated heterocycles. The van der Waals surface area contributed by atoms with Crippen molar-refractivity contribution in [3.8, 4) is 16.9 Å². The van der Waals surface area contributed by atoms with Gasteiger partial charge in [-0.25, -0.2) is 4.68 Å². The maximum absolute atomic E-state index is 12.8. The van der Waals surface area contributed by atoms with Gasteiger partial charge in [-0.05, 0) is 11.1 Å². The minimum Gasteiger partial charge on any atom is -0.494 e. The second kappa shape index (κ2) is 10.5. The second-order valence-corrected chi connectivity index (χ2v) is 9.71. The van der Waals surface area contributed by atoms with Crippen molar-refractivity contribution in [1.82, 2.24) is 15.1 Å². The van der Waals surface area contributed by atoms with Crippen LogP contribution >= 0.6 is 11.8 Å². The summed E-state index contributed by atoms with van der Waals surface area (Å²) in [6, 6.07) is 6.23. The zero-order valence-electron chi connectivity index (χ0n) is 18.2. The number of nitrogens with two attached hydrogens (primary N) is 2. The minimum absolute atomic E-state index is 0.233. The standard InChI is InChI=1S/C21H29N5O4S/c1-21(2,3)31-20(29)25-15(18(23)27)11-13-5-7-14(8-6-13)17-16(30-4)12-24-26(10-9-22)19(17)28/h5-8,12,15H,9-11,22H2,1-4H3,(H2,23,27)(H,25,29)/t15-/m0/s1. The number of aromatic nitrogens is 2. The smallest absolute Gasteiger partial charge is 0.280 e. The van der Waals surface area contributed by atoms with E-state index in [2.05, 4.69) is 10.4 Å². The second-order valence-electron chi connectivity index (χ2n) is 7.91. The fraction of sp³-hybridized carbons (Fsp3) is 0.429. The number of amides is 2. The monoisotopic (exact) mass is 447 g/mol. The highest BCUT2D eigenvalue weighted by molar-refractivity contribution is 8.14. The Morgan fingerprint density at radius 3 is 2.42 bits per heavy atom. The zero-order valence-corrected chi connectivity index (χ0v) is 19.0. The van der Waals surface area contributed by atoms with Crippen LogP contribution in [0, 0.1) is 0 Å². The molecule has 0 aliphatic rings. The van der Waals surface area contributed by atoms with E-state index in [4.69, 9.17) is 16.2 Å². The van der Waals surface area contributed by atoms with Crippen LogP contribution in [0.3, 0.4) is 0 Å². The van der Waals surface area contributed by atoms with Crippen molar-refractivity contribution in [2.24, 2.45) is 11.5 Å². The molecule has 10 heteroatoms. The molecule has 0 aliphatic heterocycles. The number of carbonyl (C=O) groups is 2. The molecule has 31 heavy (non-hydrogen) atoms. The van der Waals surface area contributed by atoms with Crippen molar-refractivity contribution in [3.63, 3.8) is 0 Å². The summed E-state index contributed by atoms with van der Waals surface area (Å²) in [5.41, 5.74) is 12.5. The van der Waals surface area contributed by atoms with Crippen molar-refractivity contribution in [1.29, 1.82) is 0 Å². The maximum atomic E-state index is 12.8. The Morgan fingerprint density at radius 1 is 1.26 bits per heavy atom. The van der Waals surface area contributed by atoms with Crippen LogP contribution in [0.5, 0.6) is 5.75 Å². The fourth-order valence-corrected chi connectivity index (χ4v) is 3.65. The molecule has 0 saturated carbocycles. The summed E-state index contributed by atoms with van der Waals surface area (Å²) in [5, 5.41) is 6.42. The number of rotatable bonds is 8. The Bertz CT molecular complexity index is 983. The molecule has 2 amide bonds. The number of methoxy groups -OCH3 is 1. The lowest BCUT2D eigenvalue weighted by Gasteiger charge is -2.20. The molecule has 5 N–H and O–H groups in total. The Kier molecular flexibility index (Phi) is 8.23. The van der Waals surface area contributed by atoms with Gasteiger partial charge in [0.1, 0.15) is 6.04 Å². The van der Waals surface area contributed by atoms with E-state index >= 15 is 0 Å². The van der Waals surface area contributed by atoms with Crippen LogP contribution in [-0.2, 0) is 17.8 Å². The number of hydrogen-bond donors (Lipinski definition) is 3. The van der Waals surface area contributed by atoms with Crippen LogP contribution in [0.1, 0.15) is 26.3 Å². The van der Waals surface area contributed by atoms with Crippen molar-refractivity contribution < 1.29 is 14.3 Å². The molecular formula is C21H29N5O4S. The normalized spacial score (nSPS) is 12.3. The van der Waals surface area contributed by atoms with E-state index in [-0.39, 0.29) is 28.5 Å². The fourth-order valence-electron chi connectivity index (χ4n) is 2.89. The number of primary amides is 1. The van der Waals surface area contributed by atoms with Gasteiger partial charge in [0, 0.05) is 17.7 Å². The lowest BCUT2D eigenvalue weighted by atomic mass is 10.0. The van der Waals surface area contributed by atoms with Crippen LogP contribution in [0.2, 0.25) is 0 Å². The van der Waals surface area contributed by atoms with E-state index in [0.29, 0.717) is 23.4 Å². The summed E-state index contributed by atoms with van der Waals surface area (Å²) in [5.74, 6) is -0.264. The molecule has 0 spiro atoms. The van der Waals surface area contributed by atoms with Crippen molar-refractivity contribution >= 4 is 22.9 Å². The highest BCUT2D eigenvalue weighted by Crippen LogP contribution is 2.26. The van der Waals surface area contributed by atoms with E-state index < -0.39 is 11.9 Å². The lowest BCUT2D eigenvalue weighted by Crippen LogP contribution is -2.45. The SMILES string of the molecule is COc1cnn(CCN)c(=O)c1-c1ccc(C[C@H](NC(=O)SC(C)(C)C)C(N)=O)cc1. The van der Waals surface area contributed by atoms with Gasteiger partial charge >= 0.3 is 0 Å². The topological polar surface area (TPSA) is 142 Å². The third-order valence-electron chi connectivity index (χ3n) is 4.29. The number of nitrogens with zero attached hydrogens (tertiary/aromatic N) is 2. The number of thioether (sulfide) groups is 1. The largest absolute Gasteiger partial charge is 0.494 e. The van der Waals surface area contributed by atoms with Gasteiger partial charge in [0.15, 0.2) is 5.75 Å². The molecule has 1 heterocycles. The molecule has 1 aromatic carbocycles. The summed E-state index contributed by atoms with van der Waals surface area (Å²) in [7, 11) is 1.47. The average Bonchev–Trinajstić information content (AvgIpc) is 2.68. The van der Waals surface area contributed by atoms with Gasteiger partial charge in [0.05, 0.1) is 25.4 Å². The lowest BCUT2D eigenvalue weighted by molar-refractivity contribution is -0.119. The molecule has 1 atom stereocenters. The van der Waals surface area contributed by atoms with Crippen molar-refractivity contribution in [2.75, 3.05) is 13.7 Å². The number of hydrogen-bond acceptors (Lipinski definition) is 7. The molecule has 2 rings (SSSR count). The molecule has 168 valence electrons. The Hall–Kier alpha value is -2.85. The van der Waals surface area contributed by atoms with Crippen molar-refractivity contribution in [3.05, 3.63) is 46.4 Å². The summed E-state index contributed by atoms with van der Waals surface area (Å²) in [4.78, 5) is 36.8. The summed E-state index contributed by atoms with van der Waals surface area (Å²) in [6.45, 7) is 6.30. The number of benzene rings is 1. The number of carbonyl (C=O) groups excluding carboxylic acids is 2. The first kappa shape index (κ1) is 24.4. The Balaban J connectivity index is 2.25. The van der Waals surface area contributed by atoms with Gasteiger partial charge in [0.25, 0.3) is 10.8 Å². The van der Waals surface area contributed by atoms with Crippen LogP contribution in [-0.4, -0.2) is 45.4 Å². The summed E-state index contributed by atoms with van der Waals surface area (Å²) < 4.78 is 6.31. The van der Waals surface area contributed by atoms with E-state index in [9.17, 15) is 14.4 Å². The number of nitrogens with one attached hydrogen (secondary N) is 1. The third kappa shape index (κ3) is 6.83. The third-order valence-corrected chi connectivity index (χ3v) is 5.20. The molecule has 0 unspecified atom stereocenters. The zero-order chi connectivity index (χ0) is 23.2. The Morgan fingerprint density at radius 2 is 1.90 bits per heavy atom.